The molecule has 0 amide bonds. The molecule has 2 heteroatoms. The van der Waals surface area contributed by atoms with Crippen molar-refractivity contribution >= 4 is 5.97 Å². The van der Waals surface area contributed by atoms with Crippen LogP contribution in [-0.2, 0) is 9.53 Å². The van der Waals surface area contributed by atoms with Gasteiger partial charge in [-0.3, -0.25) is 4.79 Å². The fourth-order valence-corrected chi connectivity index (χ4v) is 4.13. The molecule has 3 rings (SSSR count). The van der Waals surface area contributed by atoms with Gasteiger partial charge >= 0.3 is 5.97 Å². The van der Waals surface area contributed by atoms with Crippen LogP contribution in [0.15, 0.2) is 12.2 Å². The van der Waals surface area contributed by atoms with Gasteiger partial charge in [-0.25, -0.2) is 0 Å². The normalized spacial score (nSPS) is 36.8. The molecule has 2 saturated carbocycles. The summed E-state index contributed by atoms with van der Waals surface area (Å²) in [5, 5.41) is 0. The maximum absolute atomic E-state index is 12.5. The number of carbonyl (C=O) groups is 1. The van der Waals surface area contributed by atoms with Gasteiger partial charge in [-0.15, -0.1) is 0 Å². The van der Waals surface area contributed by atoms with Crippen LogP contribution in [0.5, 0.6) is 0 Å². The highest BCUT2D eigenvalue weighted by atomic mass is 16.6. The molecular weight excluding hydrogens is 236 g/mol. The Morgan fingerprint density at radius 1 is 1.05 bits per heavy atom. The first kappa shape index (κ1) is 13.2. The Morgan fingerprint density at radius 2 is 1.74 bits per heavy atom. The monoisotopic (exact) mass is 262 g/mol. The molecular formula is C17H26O2. The molecule has 2 bridgehead atoms. The summed E-state index contributed by atoms with van der Waals surface area (Å²) < 4.78 is 5.98. The number of fused-ring (bicyclic) bond motifs is 2. The third kappa shape index (κ3) is 2.88. The number of carbonyl (C=O) groups excluding carboxylic acids is 1. The van der Waals surface area contributed by atoms with E-state index in [1.165, 1.54) is 38.5 Å². The zero-order chi connectivity index (χ0) is 13.3. The van der Waals surface area contributed by atoms with Crippen molar-refractivity contribution in [3.05, 3.63) is 12.2 Å². The lowest BCUT2D eigenvalue weighted by Crippen LogP contribution is -2.36. The minimum Gasteiger partial charge on any atom is -0.459 e. The van der Waals surface area contributed by atoms with Gasteiger partial charge in [0.15, 0.2) is 0 Å². The summed E-state index contributed by atoms with van der Waals surface area (Å²) >= 11 is 0. The summed E-state index contributed by atoms with van der Waals surface area (Å²) in [7, 11) is 0. The molecule has 0 spiro atoms. The molecule has 2 nitrogen and oxygen atoms in total. The second kappa shape index (κ2) is 5.30. The standard InChI is InChI=1S/C17H26O2/c1-17(9-5-3-2-4-6-10-17)19-16(18)15-12-13-7-8-14(15)11-13/h7-8,13-15H,2-6,9-12H2,1H3. The van der Waals surface area contributed by atoms with Crippen molar-refractivity contribution in [1.29, 1.82) is 0 Å². The zero-order valence-corrected chi connectivity index (χ0v) is 12.1. The van der Waals surface area contributed by atoms with Crippen molar-refractivity contribution in [3.63, 3.8) is 0 Å². The largest absolute Gasteiger partial charge is 0.459 e. The molecule has 19 heavy (non-hydrogen) atoms. The molecule has 3 unspecified atom stereocenters. The first-order chi connectivity index (χ1) is 9.16. The maximum Gasteiger partial charge on any atom is 0.310 e. The van der Waals surface area contributed by atoms with Gasteiger partial charge in [0.25, 0.3) is 0 Å². The zero-order valence-electron chi connectivity index (χ0n) is 12.1. The number of ether oxygens (including phenoxy) is 1. The summed E-state index contributed by atoms with van der Waals surface area (Å²) in [6.07, 6.45) is 15.2. The van der Waals surface area contributed by atoms with E-state index in [2.05, 4.69) is 19.1 Å². The van der Waals surface area contributed by atoms with Gasteiger partial charge in [0, 0.05) is 0 Å². The Kier molecular flexibility index (Phi) is 3.68. The minimum absolute atomic E-state index is 0.0833. The van der Waals surface area contributed by atoms with Crippen LogP contribution < -0.4 is 0 Å². The SMILES string of the molecule is CC1(OC(=O)C2CC3C=CC2C3)CCCCCCC1. The highest BCUT2D eigenvalue weighted by Crippen LogP contribution is 2.44. The number of hydrogen-bond donors (Lipinski definition) is 0. The number of hydrogen-bond acceptors (Lipinski definition) is 2. The lowest BCUT2D eigenvalue weighted by Gasteiger charge is -2.33. The van der Waals surface area contributed by atoms with Crippen LogP contribution in [-0.4, -0.2) is 11.6 Å². The third-order valence-electron chi connectivity index (χ3n) is 5.34. The number of rotatable bonds is 2. The first-order valence-corrected chi connectivity index (χ1v) is 8.07. The van der Waals surface area contributed by atoms with Gasteiger partial charge in [-0.1, -0.05) is 31.4 Å². The van der Waals surface area contributed by atoms with Crippen molar-refractivity contribution in [2.45, 2.75) is 70.3 Å². The van der Waals surface area contributed by atoms with Crippen molar-refractivity contribution < 1.29 is 9.53 Å². The van der Waals surface area contributed by atoms with Crippen LogP contribution in [0.3, 0.4) is 0 Å². The van der Waals surface area contributed by atoms with E-state index in [1.807, 2.05) is 0 Å². The molecule has 3 atom stereocenters. The molecule has 0 heterocycles. The Balaban J connectivity index is 1.59. The Labute approximate surface area is 116 Å². The highest BCUT2D eigenvalue weighted by molar-refractivity contribution is 5.74. The van der Waals surface area contributed by atoms with Crippen LogP contribution in [0.1, 0.15) is 64.7 Å². The van der Waals surface area contributed by atoms with E-state index in [0.29, 0.717) is 11.8 Å². The molecule has 2 fully saturated rings. The Bertz CT molecular complexity index is 363. The van der Waals surface area contributed by atoms with Crippen molar-refractivity contribution in [1.82, 2.24) is 0 Å². The minimum atomic E-state index is -0.191. The van der Waals surface area contributed by atoms with Crippen LogP contribution in [0.2, 0.25) is 0 Å². The Morgan fingerprint density at radius 3 is 2.32 bits per heavy atom. The molecule has 3 aliphatic carbocycles. The molecule has 0 aromatic rings. The van der Waals surface area contributed by atoms with Crippen LogP contribution in [0.4, 0.5) is 0 Å². The Hall–Kier alpha value is -0.790. The van der Waals surface area contributed by atoms with Gasteiger partial charge in [0.2, 0.25) is 0 Å². The molecule has 0 N–H and O–H groups in total. The lowest BCUT2D eigenvalue weighted by molar-refractivity contribution is -0.166. The molecule has 0 aliphatic heterocycles. The van der Waals surface area contributed by atoms with Gasteiger partial charge in [-0.05, 0) is 57.3 Å². The highest BCUT2D eigenvalue weighted by Gasteiger charge is 2.42. The fourth-order valence-electron chi connectivity index (χ4n) is 4.13. The van der Waals surface area contributed by atoms with E-state index in [9.17, 15) is 4.79 Å². The van der Waals surface area contributed by atoms with Gasteiger partial charge in [0.05, 0.1) is 5.92 Å². The van der Waals surface area contributed by atoms with E-state index >= 15 is 0 Å². The molecule has 0 aromatic heterocycles. The van der Waals surface area contributed by atoms with E-state index in [1.54, 1.807) is 0 Å². The van der Waals surface area contributed by atoms with Crippen molar-refractivity contribution in [2.24, 2.45) is 17.8 Å². The quantitative estimate of drug-likeness (QED) is 0.549. The van der Waals surface area contributed by atoms with E-state index in [-0.39, 0.29) is 17.5 Å². The van der Waals surface area contributed by atoms with E-state index < -0.39 is 0 Å². The predicted molar refractivity (Wildman–Crippen MR) is 75.7 cm³/mol. The topological polar surface area (TPSA) is 26.3 Å². The van der Waals surface area contributed by atoms with Gasteiger partial charge < -0.3 is 4.74 Å². The second-order valence-electron chi connectivity index (χ2n) is 7.03. The van der Waals surface area contributed by atoms with Crippen LogP contribution in [0.25, 0.3) is 0 Å². The summed E-state index contributed by atoms with van der Waals surface area (Å²) in [5.74, 6) is 1.35. The van der Waals surface area contributed by atoms with E-state index in [4.69, 9.17) is 4.74 Å². The summed E-state index contributed by atoms with van der Waals surface area (Å²) in [4.78, 5) is 12.5. The predicted octanol–water partition coefficient (Wildman–Crippen LogP) is 4.24. The van der Waals surface area contributed by atoms with Crippen LogP contribution in [0, 0.1) is 17.8 Å². The third-order valence-corrected chi connectivity index (χ3v) is 5.34. The van der Waals surface area contributed by atoms with E-state index in [0.717, 1.165) is 19.3 Å². The molecule has 0 aromatic carbocycles. The summed E-state index contributed by atoms with van der Waals surface area (Å²) in [6, 6.07) is 0. The number of esters is 1. The van der Waals surface area contributed by atoms with Crippen molar-refractivity contribution in [2.75, 3.05) is 0 Å². The lowest BCUT2D eigenvalue weighted by atomic mass is 9.87. The van der Waals surface area contributed by atoms with Gasteiger partial charge in [-0.2, -0.15) is 0 Å². The van der Waals surface area contributed by atoms with Gasteiger partial charge in [0.1, 0.15) is 5.60 Å². The van der Waals surface area contributed by atoms with Crippen molar-refractivity contribution in [3.8, 4) is 0 Å². The average molecular weight is 262 g/mol. The average Bonchev–Trinajstić information content (AvgIpc) is 2.97. The molecule has 3 aliphatic rings. The second-order valence-corrected chi connectivity index (χ2v) is 7.03. The van der Waals surface area contributed by atoms with Crippen LogP contribution >= 0.6 is 0 Å². The summed E-state index contributed by atoms with van der Waals surface area (Å²) in [5.41, 5.74) is -0.191. The molecule has 106 valence electrons. The number of allylic oxidation sites excluding steroid dienone is 2. The molecule has 0 saturated heterocycles. The molecule has 0 radical (unpaired) electrons. The first-order valence-electron chi connectivity index (χ1n) is 8.07. The summed E-state index contributed by atoms with van der Waals surface area (Å²) in [6.45, 7) is 2.15. The smallest absolute Gasteiger partial charge is 0.310 e. The fraction of sp³-hybridized carbons (Fsp3) is 0.824. The maximum atomic E-state index is 12.5.